The van der Waals surface area contributed by atoms with Crippen molar-refractivity contribution in [2.75, 3.05) is 25.9 Å². The minimum atomic E-state index is -3.07. The van der Waals surface area contributed by atoms with Crippen molar-refractivity contribution in [3.63, 3.8) is 0 Å². The van der Waals surface area contributed by atoms with E-state index < -0.39 is 10.0 Å². The Bertz CT molecular complexity index is 436. The molecule has 2 fully saturated rings. The third kappa shape index (κ3) is 5.85. The summed E-state index contributed by atoms with van der Waals surface area (Å²) < 4.78 is 31.0. The topological polar surface area (TPSA) is 58.6 Å². The number of likely N-dealkylation sites (tertiary alicyclic amines) is 1. The lowest BCUT2D eigenvalue weighted by Gasteiger charge is -2.37. The molecule has 124 valence electrons. The summed E-state index contributed by atoms with van der Waals surface area (Å²) in [5.74, 6) is 0. The highest BCUT2D eigenvalue weighted by Gasteiger charge is 2.34. The van der Waals surface area contributed by atoms with Crippen LogP contribution in [-0.2, 0) is 14.8 Å². The standard InChI is InChI=1S/C15H30N2O3S/c1-15(2)9-7-14(20-15)12-17-11-5-4-6-13(17)8-10-16-21(3,18)19/h13-14,16H,4-12H2,1-3H3. The van der Waals surface area contributed by atoms with Gasteiger partial charge in [0.2, 0.25) is 10.0 Å². The van der Waals surface area contributed by atoms with Crippen LogP contribution in [-0.4, -0.2) is 57.0 Å². The fraction of sp³-hybridized carbons (Fsp3) is 1.00. The van der Waals surface area contributed by atoms with E-state index in [2.05, 4.69) is 23.5 Å². The summed E-state index contributed by atoms with van der Waals surface area (Å²) in [5.41, 5.74) is 0.0216. The molecule has 21 heavy (non-hydrogen) atoms. The van der Waals surface area contributed by atoms with Gasteiger partial charge in [-0.1, -0.05) is 6.42 Å². The van der Waals surface area contributed by atoms with E-state index in [1.54, 1.807) is 0 Å². The number of hydrogen-bond donors (Lipinski definition) is 1. The zero-order valence-corrected chi connectivity index (χ0v) is 14.4. The third-order valence-electron chi connectivity index (χ3n) is 4.58. The second-order valence-corrected chi connectivity index (χ2v) is 8.97. The van der Waals surface area contributed by atoms with Crippen LogP contribution in [0.4, 0.5) is 0 Å². The Morgan fingerprint density at radius 3 is 2.67 bits per heavy atom. The lowest BCUT2D eigenvalue weighted by atomic mass is 9.98. The maximum Gasteiger partial charge on any atom is 0.208 e. The van der Waals surface area contributed by atoms with Crippen molar-refractivity contribution in [3.05, 3.63) is 0 Å². The van der Waals surface area contributed by atoms with Gasteiger partial charge in [-0.2, -0.15) is 0 Å². The average molecular weight is 318 g/mol. The highest BCUT2D eigenvalue weighted by atomic mass is 32.2. The Morgan fingerprint density at radius 1 is 1.29 bits per heavy atom. The van der Waals surface area contributed by atoms with Crippen LogP contribution in [0.25, 0.3) is 0 Å². The van der Waals surface area contributed by atoms with Crippen LogP contribution in [0.2, 0.25) is 0 Å². The molecule has 0 saturated carbocycles. The second kappa shape index (κ2) is 6.94. The summed E-state index contributed by atoms with van der Waals surface area (Å²) in [4.78, 5) is 2.51. The predicted octanol–water partition coefficient (Wildman–Crippen LogP) is 1.74. The Balaban J connectivity index is 1.81. The smallest absolute Gasteiger partial charge is 0.208 e. The van der Waals surface area contributed by atoms with Crippen molar-refractivity contribution < 1.29 is 13.2 Å². The number of nitrogens with one attached hydrogen (secondary N) is 1. The molecule has 1 N–H and O–H groups in total. The number of nitrogens with zero attached hydrogens (tertiary/aromatic N) is 1. The first-order chi connectivity index (χ1) is 9.75. The molecule has 5 nitrogen and oxygen atoms in total. The van der Waals surface area contributed by atoms with Crippen LogP contribution in [0.1, 0.15) is 52.4 Å². The highest BCUT2D eigenvalue weighted by Crippen LogP contribution is 2.31. The molecule has 2 aliphatic rings. The normalized spacial score (nSPS) is 30.6. The summed E-state index contributed by atoms with van der Waals surface area (Å²) >= 11 is 0. The summed E-state index contributed by atoms with van der Waals surface area (Å²) in [6.07, 6.45) is 8.38. The van der Waals surface area contributed by atoms with Gasteiger partial charge in [0.1, 0.15) is 0 Å². The van der Waals surface area contributed by atoms with E-state index in [9.17, 15) is 8.42 Å². The van der Waals surface area contributed by atoms with Crippen LogP contribution in [0.15, 0.2) is 0 Å². The molecule has 6 heteroatoms. The fourth-order valence-electron chi connectivity index (χ4n) is 3.51. The zero-order chi connectivity index (χ0) is 15.5. The van der Waals surface area contributed by atoms with Crippen LogP contribution in [0.3, 0.4) is 0 Å². The lowest BCUT2D eigenvalue weighted by molar-refractivity contribution is -0.0377. The molecule has 0 amide bonds. The highest BCUT2D eigenvalue weighted by molar-refractivity contribution is 7.88. The first-order valence-corrected chi connectivity index (χ1v) is 10.0. The Hall–Kier alpha value is -0.170. The minimum Gasteiger partial charge on any atom is -0.371 e. The number of ether oxygens (including phenoxy) is 1. The largest absolute Gasteiger partial charge is 0.371 e. The number of rotatable bonds is 6. The maximum absolute atomic E-state index is 11.2. The molecule has 2 aliphatic heterocycles. The SMILES string of the molecule is CC1(C)CCC(CN2CCCCC2CCNS(C)(=O)=O)O1. The van der Waals surface area contributed by atoms with Gasteiger partial charge in [0.15, 0.2) is 0 Å². The van der Waals surface area contributed by atoms with Gasteiger partial charge in [0.05, 0.1) is 18.0 Å². The van der Waals surface area contributed by atoms with Crippen LogP contribution < -0.4 is 4.72 Å². The van der Waals surface area contributed by atoms with Gasteiger partial charge in [0.25, 0.3) is 0 Å². The third-order valence-corrected chi connectivity index (χ3v) is 5.31. The second-order valence-electron chi connectivity index (χ2n) is 7.14. The Morgan fingerprint density at radius 2 is 2.05 bits per heavy atom. The molecule has 0 aromatic rings. The quantitative estimate of drug-likeness (QED) is 0.810. The van der Waals surface area contributed by atoms with E-state index in [0.717, 1.165) is 32.4 Å². The number of hydrogen-bond acceptors (Lipinski definition) is 4. The van der Waals surface area contributed by atoms with Crippen molar-refractivity contribution >= 4 is 10.0 Å². The molecule has 0 aromatic heterocycles. The summed E-state index contributed by atoms with van der Waals surface area (Å²) in [6, 6.07) is 0.486. The predicted molar refractivity (Wildman–Crippen MR) is 84.9 cm³/mol. The molecule has 2 saturated heterocycles. The van der Waals surface area contributed by atoms with Gasteiger partial charge >= 0.3 is 0 Å². The molecule has 0 spiro atoms. The van der Waals surface area contributed by atoms with Gasteiger partial charge in [0, 0.05) is 19.1 Å². The average Bonchev–Trinajstić information content (AvgIpc) is 2.69. The Labute approximate surface area is 129 Å². The van der Waals surface area contributed by atoms with Crippen molar-refractivity contribution in [3.8, 4) is 0 Å². The van der Waals surface area contributed by atoms with E-state index in [0.29, 0.717) is 18.7 Å². The van der Waals surface area contributed by atoms with Crippen molar-refractivity contribution in [1.82, 2.24) is 9.62 Å². The zero-order valence-electron chi connectivity index (χ0n) is 13.6. The molecule has 0 radical (unpaired) electrons. The fourth-order valence-corrected chi connectivity index (χ4v) is 3.99. The van der Waals surface area contributed by atoms with E-state index in [1.807, 2.05) is 0 Å². The molecule has 2 rings (SSSR count). The number of sulfonamides is 1. The lowest BCUT2D eigenvalue weighted by Crippen LogP contribution is -2.45. The molecule has 2 atom stereocenters. The van der Waals surface area contributed by atoms with E-state index in [4.69, 9.17) is 4.74 Å². The molecule has 0 aliphatic carbocycles. The summed E-state index contributed by atoms with van der Waals surface area (Å²) in [6.45, 7) is 6.97. The molecule has 2 unspecified atom stereocenters. The number of piperidine rings is 1. The van der Waals surface area contributed by atoms with E-state index in [1.165, 1.54) is 25.5 Å². The van der Waals surface area contributed by atoms with Gasteiger partial charge in [-0.25, -0.2) is 13.1 Å². The maximum atomic E-state index is 11.2. The minimum absolute atomic E-state index is 0.0216. The van der Waals surface area contributed by atoms with Crippen molar-refractivity contribution in [1.29, 1.82) is 0 Å². The molecule has 2 heterocycles. The van der Waals surface area contributed by atoms with Crippen LogP contribution in [0, 0.1) is 0 Å². The first kappa shape index (κ1) is 17.2. The van der Waals surface area contributed by atoms with E-state index >= 15 is 0 Å². The first-order valence-electron chi connectivity index (χ1n) is 8.12. The van der Waals surface area contributed by atoms with Crippen LogP contribution >= 0.6 is 0 Å². The molecule has 0 aromatic carbocycles. The van der Waals surface area contributed by atoms with Gasteiger partial charge in [-0.15, -0.1) is 0 Å². The summed E-state index contributed by atoms with van der Waals surface area (Å²) in [5, 5.41) is 0. The molecular weight excluding hydrogens is 288 g/mol. The van der Waals surface area contributed by atoms with E-state index in [-0.39, 0.29) is 5.60 Å². The van der Waals surface area contributed by atoms with Gasteiger partial charge in [-0.05, 0) is 52.5 Å². The molecule has 0 bridgehead atoms. The van der Waals surface area contributed by atoms with Gasteiger partial charge in [-0.3, -0.25) is 4.90 Å². The van der Waals surface area contributed by atoms with Crippen molar-refractivity contribution in [2.24, 2.45) is 0 Å². The summed E-state index contributed by atoms with van der Waals surface area (Å²) in [7, 11) is -3.07. The van der Waals surface area contributed by atoms with Gasteiger partial charge < -0.3 is 4.74 Å². The van der Waals surface area contributed by atoms with Crippen molar-refractivity contribution in [2.45, 2.75) is 70.1 Å². The monoisotopic (exact) mass is 318 g/mol. The Kier molecular flexibility index (Phi) is 5.68. The van der Waals surface area contributed by atoms with Crippen LogP contribution in [0.5, 0.6) is 0 Å². The molecular formula is C15H30N2O3S.